The zero-order valence-corrected chi connectivity index (χ0v) is 17.6. The highest BCUT2D eigenvalue weighted by atomic mass is 19.2. The minimum Gasteiger partial charge on any atom is -0.383 e. The van der Waals surface area contributed by atoms with Crippen molar-refractivity contribution >= 4 is 17.3 Å². The number of hydrazine groups is 1. The molecule has 0 saturated carbocycles. The summed E-state index contributed by atoms with van der Waals surface area (Å²) in [5.41, 5.74) is 7.76. The highest BCUT2D eigenvalue weighted by molar-refractivity contribution is 6.12. The summed E-state index contributed by atoms with van der Waals surface area (Å²) in [7, 11) is 0. The van der Waals surface area contributed by atoms with Gasteiger partial charge in [0.25, 0.3) is 0 Å². The van der Waals surface area contributed by atoms with Crippen LogP contribution in [0.15, 0.2) is 41.9 Å². The number of pyridine rings is 1. The molecule has 1 fully saturated rings. The molecule has 168 valence electrons. The Labute approximate surface area is 183 Å². The molecule has 1 aliphatic rings. The Bertz CT molecular complexity index is 1150. The molecule has 11 heteroatoms. The average molecular weight is 441 g/mol. The number of hydrazone groups is 1. The number of halogens is 2. The average Bonchev–Trinajstić information content (AvgIpc) is 3.30. The summed E-state index contributed by atoms with van der Waals surface area (Å²) in [5, 5.41) is 12.4. The second-order valence-electron chi connectivity index (χ2n) is 7.72. The van der Waals surface area contributed by atoms with Crippen LogP contribution in [0.5, 0.6) is 0 Å². The van der Waals surface area contributed by atoms with E-state index in [-0.39, 0.29) is 34.5 Å². The van der Waals surface area contributed by atoms with Crippen LogP contribution in [0.3, 0.4) is 0 Å². The first-order valence-electron chi connectivity index (χ1n) is 10.2. The maximum Gasteiger partial charge on any atom is 0.184 e. The number of benzene rings is 1. The van der Waals surface area contributed by atoms with E-state index >= 15 is 0 Å². The molecule has 0 bridgehead atoms. The zero-order chi connectivity index (χ0) is 22.8. The van der Waals surface area contributed by atoms with Gasteiger partial charge in [0.15, 0.2) is 17.5 Å². The third kappa shape index (κ3) is 3.99. The third-order valence-electron chi connectivity index (χ3n) is 5.60. The van der Waals surface area contributed by atoms with Gasteiger partial charge in [0.05, 0.1) is 23.5 Å². The monoisotopic (exact) mass is 441 g/mol. The van der Waals surface area contributed by atoms with Gasteiger partial charge < -0.3 is 16.9 Å². The van der Waals surface area contributed by atoms with Gasteiger partial charge in [0.1, 0.15) is 5.82 Å². The van der Waals surface area contributed by atoms with Crippen LogP contribution < -0.4 is 27.7 Å². The first kappa shape index (κ1) is 21.7. The van der Waals surface area contributed by atoms with E-state index in [0.717, 1.165) is 36.5 Å². The summed E-state index contributed by atoms with van der Waals surface area (Å²) in [6.07, 6.45) is 7.40. The van der Waals surface area contributed by atoms with E-state index in [1.54, 1.807) is 18.5 Å². The van der Waals surface area contributed by atoms with Crippen LogP contribution >= 0.6 is 0 Å². The molecule has 1 aliphatic heterocycles. The number of nitrogens with one attached hydrogen (secondary N) is 1. The Balaban J connectivity index is 1.67. The molecule has 1 saturated heterocycles. The fourth-order valence-electron chi connectivity index (χ4n) is 3.76. The van der Waals surface area contributed by atoms with Crippen molar-refractivity contribution in [1.29, 1.82) is 0 Å². The number of hydrogen-bond donors (Lipinski definition) is 4. The quantitative estimate of drug-likeness (QED) is 0.210. The maximum absolute atomic E-state index is 14.5. The van der Waals surface area contributed by atoms with Crippen LogP contribution in [0.25, 0.3) is 11.1 Å². The van der Waals surface area contributed by atoms with Gasteiger partial charge in [0.2, 0.25) is 0 Å². The van der Waals surface area contributed by atoms with Gasteiger partial charge in [-0.2, -0.15) is 10.2 Å². The largest absolute Gasteiger partial charge is 0.383 e. The SMILES string of the molecule is Cc1ccc(N(N)/C(=N\N)c2cc(-c3cnn(C4CCCNC4)c3)cnc2N)c(F)c1F. The molecule has 2 aromatic heterocycles. The summed E-state index contributed by atoms with van der Waals surface area (Å²) in [6, 6.07) is 4.72. The van der Waals surface area contributed by atoms with E-state index in [1.165, 1.54) is 19.1 Å². The molecule has 32 heavy (non-hydrogen) atoms. The summed E-state index contributed by atoms with van der Waals surface area (Å²) in [6.45, 7) is 3.32. The molecule has 9 nitrogen and oxygen atoms in total. The van der Waals surface area contributed by atoms with Gasteiger partial charge in [-0.1, -0.05) is 6.07 Å². The number of nitrogens with zero attached hydrogens (tertiary/aromatic N) is 5. The fraction of sp³-hybridized carbons (Fsp3) is 0.286. The molecule has 3 heterocycles. The molecule has 7 N–H and O–H groups in total. The Morgan fingerprint density at radius 1 is 1.25 bits per heavy atom. The van der Waals surface area contributed by atoms with Crippen molar-refractivity contribution in [2.45, 2.75) is 25.8 Å². The Kier molecular flexibility index (Phi) is 6.01. The van der Waals surface area contributed by atoms with Crippen molar-refractivity contribution in [2.75, 3.05) is 23.8 Å². The lowest BCUT2D eigenvalue weighted by molar-refractivity contribution is 0.347. The predicted octanol–water partition coefficient (Wildman–Crippen LogP) is 2.04. The standard InChI is InChI=1S/C21H25F2N9/c1-12-4-5-17(19(23)18(12)22)32(26)21(30-25)16-7-13(8-28-20(16)24)14-9-29-31(11-14)15-3-2-6-27-10-15/h4-5,7-9,11,15,27H,2-3,6,10,25-26H2,1H3,(H2,24,28)/b30-21-. The molecule has 4 rings (SSSR count). The van der Waals surface area contributed by atoms with Gasteiger partial charge in [-0.15, -0.1) is 0 Å². The summed E-state index contributed by atoms with van der Waals surface area (Å²) in [4.78, 5) is 4.22. The van der Waals surface area contributed by atoms with E-state index in [0.29, 0.717) is 5.56 Å². The molecule has 1 unspecified atom stereocenters. The predicted molar refractivity (Wildman–Crippen MR) is 119 cm³/mol. The normalized spacial score (nSPS) is 16.9. The number of aryl methyl sites for hydroxylation is 1. The number of piperidine rings is 1. The molecule has 0 amide bonds. The van der Waals surface area contributed by atoms with E-state index in [1.807, 2.05) is 10.9 Å². The number of hydrogen-bond acceptors (Lipinski definition) is 7. The number of aromatic nitrogens is 3. The van der Waals surface area contributed by atoms with E-state index in [9.17, 15) is 8.78 Å². The van der Waals surface area contributed by atoms with Crippen LogP contribution in [0.1, 0.15) is 30.0 Å². The second-order valence-corrected chi connectivity index (χ2v) is 7.72. The van der Waals surface area contributed by atoms with Crippen molar-refractivity contribution in [3.63, 3.8) is 0 Å². The molecule has 3 aromatic rings. The number of rotatable bonds is 4. The number of anilines is 2. The highest BCUT2D eigenvalue weighted by Crippen LogP contribution is 2.27. The van der Waals surface area contributed by atoms with Crippen LogP contribution in [0.2, 0.25) is 0 Å². The highest BCUT2D eigenvalue weighted by Gasteiger charge is 2.23. The van der Waals surface area contributed by atoms with Crippen molar-refractivity contribution in [2.24, 2.45) is 16.8 Å². The van der Waals surface area contributed by atoms with E-state index in [4.69, 9.17) is 17.4 Å². The number of amidine groups is 1. The molecule has 1 atom stereocenters. The van der Waals surface area contributed by atoms with E-state index in [2.05, 4.69) is 20.5 Å². The molecule has 1 aromatic carbocycles. The van der Waals surface area contributed by atoms with Crippen molar-refractivity contribution in [3.8, 4) is 11.1 Å². The van der Waals surface area contributed by atoms with E-state index < -0.39 is 11.6 Å². The number of nitrogen functional groups attached to an aromatic ring is 1. The molecule has 0 radical (unpaired) electrons. The Hall–Kier alpha value is -3.57. The molecular weight excluding hydrogens is 416 g/mol. The van der Waals surface area contributed by atoms with Crippen LogP contribution in [-0.2, 0) is 0 Å². The van der Waals surface area contributed by atoms with Gasteiger partial charge in [0, 0.05) is 30.1 Å². The number of nitrogens with two attached hydrogens (primary N) is 3. The van der Waals surface area contributed by atoms with Gasteiger partial charge in [-0.3, -0.25) is 9.69 Å². The lowest BCUT2D eigenvalue weighted by Crippen LogP contribution is -2.40. The molecule has 0 spiro atoms. The van der Waals surface area contributed by atoms with Crippen LogP contribution in [0.4, 0.5) is 20.3 Å². The third-order valence-corrected chi connectivity index (χ3v) is 5.60. The first-order valence-corrected chi connectivity index (χ1v) is 10.2. The summed E-state index contributed by atoms with van der Waals surface area (Å²) >= 11 is 0. The topological polar surface area (TPSA) is 136 Å². The van der Waals surface area contributed by atoms with Crippen LogP contribution in [-0.4, -0.2) is 33.7 Å². The smallest absolute Gasteiger partial charge is 0.184 e. The summed E-state index contributed by atoms with van der Waals surface area (Å²) < 4.78 is 30.5. The lowest BCUT2D eigenvalue weighted by atomic mass is 10.1. The fourth-order valence-corrected chi connectivity index (χ4v) is 3.76. The summed E-state index contributed by atoms with van der Waals surface area (Å²) in [5.74, 6) is 9.54. The van der Waals surface area contributed by atoms with Gasteiger partial charge >= 0.3 is 0 Å². The minimum atomic E-state index is -1.11. The Morgan fingerprint density at radius 2 is 2.06 bits per heavy atom. The minimum absolute atomic E-state index is 0.0668. The molecular formula is C21H25F2N9. The van der Waals surface area contributed by atoms with Gasteiger partial charge in [-0.05, 0) is 44.0 Å². The van der Waals surface area contributed by atoms with Crippen LogP contribution in [0, 0.1) is 18.6 Å². The van der Waals surface area contributed by atoms with Gasteiger partial charge in [-0.25, -0.2) is 19.6 Å². The lowest BCUT2D eigenvalue weighted by Gasteiger charge is -2.23. The van der Waals surface area contributed by atoms with Crippen molar-refractivity contribution in [1.82, 2.24) is 20.1 Å². The second kappa shape index (κ2) is 8.89. The molecule has 0 aliphatic carbocycles. The Morgan fingerprint density at radius 3 is 2.78 bits per heavy atom. The van der Waals surface area contributed by atoms with Crippen molar-refractivity contribution in [3.05, 3.63) is 59.6 Å². The maximum atomic E-state index is 14.5. The van der Waals surface area contributed by atoms with Crippen molar-refractivity contribution < 1.29 is 8.78 Å². The first-order chi connectivity index (χ1) is 15.4. The zero-order valence-electron chi connectivity index (χ0n) is 17.6.